The molecule has 0 amide bonds. The van der Waals surface area contributed by atoms with Crippen LogP contribution in [0, 0.1) is 17.5 Å². The fourth-order valence-corrected chi connectivity index (χ4v) is 3.18. The number of aromatic nitrogens is 3. The third-order valence-corrected chi connectivity index (χ3v) is 4.61. The van der Waals surface area contributed by atoms with Crippen molar-refractivity contribution in [1.82, 2.24) is 19.7 Å². The molecule has 2 aromatic rings. The SMILES string of the molecule is CC(F)(F)c1nnc2n1CCN(CCC(N)Cc1cc(F)c(F)cc1F)C2. The lowest BCUT2D eigenvalue weighted by molar-refractivity contribution is 0.00208. The van der Waals surface area contributed by atoms with Crippen molar-refractivity contribution in [2.24, 2.45) is 5.73 Å². The first kappa shape index (κ1) is 19.7. The summed E-state index contributed by atoms with van der Waals surface area (Å²) in [6, 6.07) is 0.871. The van der Waals surface area contributed by atoms with Crippen LogP contribution in [0.3, 0.4) is 0 Å². The summed E-state index contributed by atoms with van der Waals surface area (Å²) in [5, 5.41) is 7.41. The molecule has 0 aliphatic carbocycles. The van der Waals surface area contributed by atoms with Gasteiger partial charge >= 0.3 is 5.92 Å². The van der Waals surface area contributed by atoms with E-state index in [1.54, 1.807) is 0 Å². The predicted octanol–water partition coefficient (Wildman–Crippen LogP) is 2.58. The average molecular weight is 389 g/mol. The molecule has 3 rings (SSSR count). The molecule has 27 heavy (non-hydrogen) atoms. The molecule has 1 unspecified atom stereocenters. The van der Waals surface area contributed by atoms with Crippen LogP contribution in [0.25, 0.3) is 0 Å². The molecule has 1 atom stereocenters. The molecule has 1 aromatic carbocycles. The van der Waals surface area contributed by atoms with E-state index in [-0.39, 0.29) is 17.8 Å². The maximum atomic E-state index is 13.7. The molecule has 1 aliphatic heterocycles. The lowest BCUT2D eigenvalue weighted by atomic mass is 10.0. The van der Waals surface area contributed by atoms with Gasteiger partial charge in [0.25, 0.3) is 0 Å². The summed E-state index contributed by atoms with van der Waals surface area (Å²) in [7, 11) is 0. The van der Waals surface area contributed by atoms with E-state index < -0.39 is 29.4 Å². The van der Waals surface area contributed by atoms with Gasteiger partial charge in [0, 0.05) is 38.7 Å². The molecule has 0 radical (unpaired) electrons. The Labute approximate surface area is 153 Å². The van der Waals surface area contributed by atoms with E-state index in [9.17, 15) is 22.0 Å². The smallest absolute Gasteiger partial charge is 0.304 e. The van der Waals surface area contributed by atoms with Crippen LogP contribution in [0.4, 0.5) is 22.0 Å². The van der Waals surface area contributed by atoms with Crippen LogP contribution in [0.2, 0.25) is 0 Å². The van der Waals surface area contributed by atoms with Gasteiger partial charge in [-0.25, -0.2) is 13.2 Å². The van der Waals surface area contributed by atoms with Crippen LogP contribution in [0.5, 0.6) is 0 Å². The summed E-state index contributed by atoms with van der Waals surface area (Å²) >= 11 is 0. The quantitative estimate of drug-likeness (QED) is 0.610. The topological polar surface area (TPSA) is 60.0 Å². The Bertz CT molecular complexity index is 817. The van der Waals surface area contributed by atoms with Crippen molar-refractivity contribution >= 4 is 0 Å². The largest absolute Gasteiger partial charge is 0.327 e. The van der Waals surface area contributed by atoms with Gasteiger partial charge in [-0.05, 0) is 24.5 Å². The number of rotatable bonds is 6. The van der Waals surface area contributed by atoms with Gasteiger partial charge in [0.15, 0.2) is 11.6 Å². The van der Waals surface area contributed by atoms with E-state index in [1.807, 2.05) is 4.90 Å². The van der Waals surface area contributed by atoms with Gasteiger partial charge in [-0.1, -0.05) is 0 Å². The predicted molar refractivity (Wildman–Crippen MR) is 87.5 cm³/mol. The normalized spacial score (nSPS) is 16.4. The van der Waals surface area contributed by atoms with E-state index >= 15 is 0 Å². The zero-order chi connectivity index (χ0) is 19.8. The van der Waals surface area contributed by atoms with Gasteiger partial charge in [-0.2, -0.15) is 8.78 Å². The summed E-state index contributed by atoms with van der Waals surface area (Å²) < 4.78 is 68.3. The van der Waals surface area contributed by atoms with Gasteiger partial charge in [0.2, 0.25) is 5.82 Å². The van der Waals surface area contributed by atoms with Crippen molar-refractivity contribution in [2.75, 3.05) is 13.1 Å². The van der Waals surface area contributed by atoms with E-state index in [0.717, 1.165) is 13.0 Å². The van der Waals surface area contributed by atoms with Crippen molar-refractivity contribution in [3.05, 3.63) is 46.8 Å². The van der Waals surface area contributed by atoms with Crippen molar-refractivity contribution in [3.8, 4) is 0 Å². The number of hydrogen-bond donors (Lipinski definition) is 1. The minimum absolute atomic E-state index is 0.0228. The van der Waals surface area contributed by atoms with Crippen molar-refractivity contribution < 1.29 is 22.0 Å². The molecule has 0 saturated heterocycles. The number of halogens is 5. The van der Waals surface area contributed by atoms with E-state index in [2.05, 4.69) is 10.2 Å². The van der Waals surface area contributed by atoms with E-state index in [0.29, 0.717) is 44.5 Å². The first-order chi connectivity index (χ1) is 12.6. The van der Waals surface area contributed by atoms with Crippen molar-refractivity contribution in [3.63, 3.8) is 0 Å². The van der Waals surface area contributed by atoms with E-state index in [1.165, 1.54) is 4.57 Å². The van der Waals surface area contributed by atoms with Crippen LogP contribution in [0.1, 0.15) is 30.6 Å². The molecule has 2 N–H and O–H groups in total. The fourth-order valence-electron chi connectivity index (χ4n) is 3.18. The number of benzene rings is 1. The highest BCUT2D eigenvalue weighted by molar-refractivity contribution is 5.21. The second-order valence-electron chi connectivity index (χ2n) is 6.87. The second-order valence-corrected chi connectivity index (χ2v) is 6.87. The summed E-state index contributed by atoms with van der Waals surface area (Å²) in [5.74, 6) is -6.12. The Morgan fingerprint density at radius 3 is 2.52 bits per heavy atom. The maximum absolute atomic E-state index is 13.7. The molecule has 0 spiro atoms. The third-order valence-electron chi connectivity index (χ3n) is 4.61. The molecule has 5 nitrogen and oxygen atoms in total. The van der Waals surface area contributed by atoms with Crippen LogP contribution in [-0.4, -0.2) is 38.8 Å². The van der Waals surface area contributed by atoms with Crippen LogP contribution < -0.4 is 5.73 Å². The second kappa shape index (κ2) is 7.51. The minimum Gasteiger partial charge on any atom is -0.327 e. The summed E-state index contributed by atoms with van der Waals surface area (Å²) in [5.41, 5.74) is 6.02. The molecule has 10 heteroatoms. The molecular formula is C17H20F5N5. The highest BCUT2D eigenvalue weighted by Crippen LogP contribution is 2.27. The van der Waals surface area contributed by atoms with Gasteiger partial charge in [0.05, 0.1) is 6.54 Å². The van der Waals surface area contributed by atoms with Gasteiger partial charge < -0.3 is 10.3 Å². The average Bonchev–Trinajstić information content (AvgIpc) is 3.01. The summed E-state index contributed by atoms with van der Waals surface area (Å²) in [6.07, 6.45) is 0.544. The molecule has 1 aromatic heterocycles. The van der Waals surface area contributed by atoms with Crippen LogP contribution in [-0.2, 0) is 25.4 Å². The first-order valence-corrected chi connectivity index (χ1v) is 8.57. The third kappa shape index (κ3) is 4.44. The monoisotopic (exact) mass is 389 g/mol. The molecule has 1 aliphatic rings. The van der Waals surface area contributed by atoms with Crippen molar-refractivity contribution in [1.29, 1.82) is 0 Å². The lowest BCUT2D eigenvalue weighted by Crippen LogP contribution is -2.38. The summed E-state index contributed by atoms with van der Waals surface area (Å²) in [6.45, 7) is 2.55. The fraction of sp³-hybridized carbons (Fsp3) is 0.529. The highest BCUT2D eigenvalue weighted by atomic mass is 19.3. The van der Waals surface area contributed by atoms with Crippen molar-refractivity contribution in [2.45, 2.75) is 44.8 Å². The summed E-state index contributed by atoms with van der Waals surface area (Å²) in [4.78, 5) is 1.99. The molecule has 0 fully saturated rings. The minimum atomic E-state index is -3.05. The van der Waals surface area contributed by atoms with E-state index in [4.69, 9.17) is 5.73 Å². The zero-order valence-corrected chi connectivity index (χ0v) is 14.7. The number of nitrogens with two attached hydrogens (primary N) is 1. The highest BCUT2D eigenvalue weighted by Gasteiger charge is 2.34. The maximum Gasteiger partial charge on any atom is 0.304 e. The standard InChI is InChI=1S/C17H20F5N5/c1-17(21,22)16-25-24-15-9-26(4-5-27(15)16)3-2-11(23)6-10-7-13(19)14(20)8-12(10)18/h7-8,11H,2-6,9,23H2,1H3. The molecule has 2 heterocycles. The first-order valence-electron chi connectivity index (χ1n) is 8.57. The Balaban J connectivity index is 1.55. The number of alkyl halides is 2. The van der Waals surface area contributed by atoms with Gasteiger partial charge in [-0.3, -0.25) is 4.90 Å². The zero-order valence-electron chi connectivity index (χ0n) is 14.7. The Morgan fingerprint density at radius 1 is 1.11 bits per heavy atom. The van der Waals surface area contributed by atoms with Gasteiger partial charge in [0.1, 0.15) is 11.6 Å². The Kier molecular flexibility index (Phi) is 5.48. The van der Waals surface area contributed by atoms with Gasteiger partial charge in [-0.15, -0.1) is 10.2 Å². The lowest BCUT2D eigenvalue weighted by Gasteiger charge is -2.29. The number of fused-ring (bicyclic) bond motifs is 1. The molecule has 148 valence electrons. The number of nitrogens with zero attached hydrogens (tertiary/aromatic N) is 4. The van der Waals surface area contributed by atoms with Crippen LogP contribution in [0.15, 0.2) is 12.1 Å². The molecular weight excluding hydrogens is 369 g/mol. The Hall–Kier alpha value is -2.07. The molecule has 0 bridgehead atoms. The van der Waals surface area contributed by atoms with Crippen LogP contribution >= 0.6 is 0 Å². The number of hydrogen-bond acceptors (Lipinski definition) is 4. The Morgan fingerprint density at radius 2 is 1.81 bits per heavy atom. The molecule has 0 saturated carbocycles.